The average Bonchev–Trinajstić information content (AvgIpc) is 3.62. The number of halogens is 4. The molecule has 0 saturated carbocycles. The van der Waals surface area contributed by atoms with E-state index in [-0.39, 0.29) is 79.9 Å². The van der Waals surface area contributed by atoms with Crippen LogP contribution in [0.1, 0.15) is 19.3 Å². The van der Waals surface area contributed by atoms with Crippen LogP contribution in [-0.4, -0.2) is 81.3 Å². The number of aromatic nitrogens is 3. The SMILES string of the molecule is C=CC(=O)N1CC(Oc2nc(OCC34CCCN3C[C@H](F)C4)nc3c(F)c(-c4ccc(F)c5sc(N)nc45)c(Cl)cc23)C1. The van der Waals surface area contributed by atoms with Crippen molar-refractivity contribution in [2.75, 3.05) is 38.5 Å². The third-order valence-corrected chi connectivity index (χ3v) is 9.64. The third-order valence-electron chi connectivity index (χ3n) is 8.45. The zero-order valence-corrected chi connectivity index (χ0v) is 24.4. The van der Waals surface area contributed by atoms with Crippen molar-refractivity contribution in [3.8, 4) is 23.0 Å². The number of nitrogens with zero attached hydrogens (tertiary/aromatic N) is 5. The zero-order valence-electron chi connectivity index (χ0n) is 22.8. The quantitative estimate of drug-likeness (QED) is 0.280. The second-order valence-corrected chi connectivity index (χ2v) is 12.6. The highest BCUT2D eigenvalue weighted by atomic mass is 35.5. The monoisotopic (exact) mass is 630 g/mol. The molecule has 3 aliphatic rings. The van der Waals surface area contributed by atoms with Crippen LogP contribution >= 0.6 is 22.9 Å². The molecular weight excluding hydrogens is 605 g/mol. The summed E-state index contributed by atoms with van der Waals surface area (Å²) in [6.45, 7) is 5.33. The van der Waals surface area contributed by atoms with Crippen LogP contribution in [0, 0.1) is 11.6 Å². The molecule has 2 N–H and O–H groups in total. The number of nitrogen functional groups attached to an aromatic ring is 1. The van der Waals surface area contributed by atoms with Crippen LogP contribution in [0.15, 0.2) is 30.9 Å². The summed E-state index contributed by atoms with van der Waals surface area (Å²) in [6.07, 6.45) is 1.88. The number of nitrogens with two attached hydrogens (primary N) is 1. The Labute approximate surface area is 253 Å². The fraction of sp³-hybridized carbons (Fsp3) is 0.379. The van der Waals surface area contributed by atoms with Gasteiger partial charge in [0.25, 0.3) is 0 Å². The highest BCUT2D eigenvalue weighted by molar-refractivity contribution is 7.22. The fourth-order valence-electron chi connectivity index (χ4n) is 6.37. The molecule has 3 aliphatic heterocycles. The largest absolute Gasteiger partial charge is 0.470 e. The second-order valence-electron chi connectivity index (χ2n) is 11.1. The molecule has 2 aromatic heterocycles. The topological polar surface area (TPSA) is 107 Å². The molecule has 3 fully saturated rings. The Bertz CT molecular complexity index is 1800. The number of carbonyl (C=O) groups is 1. The van der Waals surface area contributed by atoms with E-state index in [4.69, 9.17) is 26.8 Å². The van der Waals surface area contributed by atoms with Crippen molar-refractivity contribution in [3.63, 3.8) is 0 Å². The van der Waals surface area contributed by atoms with E-state index in [9.17, 15) is 13.6 Å². The van der Waals surface area contributed by atoms with Crippen molar-refractivity contribution in [1.29, 1.82) is 0 Å². The van der Waals surface area contributed by atoms with E-state index in [1.165, 1.54) is 24.3 Å². The Kier molecular flexibility index (Phi) is 6.86. The lowest BCUT2D eigenvalue weighted by atomic mass is 9.95. The van der Waals surface area contributed by atoms with Gasteiger partial charge in [0, 0.05) is 24.1 Å². The number of likely N-dealkylation sites (tertiary alicyclic amines) is 1. The molecular formula is C29H26ClF3N6O3S. The number of ether oxygens (including phenoxy) is 2. The molecule has 3 saturated heterocycles. The minimum atomic E-state index is -0.949. The Hall–Kier alpha value is -3.68. The maximum atomic E-state index is 16.5. The van der Waals surface area contributed by atoms with Crippen LogP contribution in [0.2, 0.25) is 5.02 Å². The van der Waals surface area contributed by atoms with Gasteiger partial charge in [0.15, 0.2) is 10.9 Å². The second kappa shape index (κ2) is 10.5. The molecule has 1 amide bonds. The van der Waals surface area contributed by atoms with E-state index < -0.39 is 29.4 Å². The van der Waals surface area contributed by atoms with E-state index in [1.54, 1.807) is 4.90 Å². The van der Waals surface area contributed by atoms with Gasteiger partial charge in [-0.1, -0.05) is 29.5 Å². The normalized spacial score (nSPS) is 22.2. The van der Waals surface area contributed by atoms with E-state index in [2.05, 4.69) is 26.4 Å². The van der Waals surface area contributed by atoms with Crippen molar-refractivity contribution in [1.82, 2.24) is 24.8 Å². The Morgan fingerprint density at radius 2 is 2.05 bits per heavy atom. The highest BCUT2D eigenvalue weighted by Crippen LogP contribution is 2.44. The smallest absolute Gasteiger partial charge is 0.320 e. The number of carbonyl (C=O) groups excluding carboxylic acids is 1. The van der Waals surface area contributed by atoms with E-state index in [0.29, 0.717) is 13.0 Å². The number of thiazole rings is 1. The minimum Gasteiger partial charge on any atom is -0.470 e. The molecule has 0 aliphatic carbocycles. The predicted molar refractivity (Wildman–Crippen MR) is 157 cm³/mol. The van der Waals surface area contributed by atoms with Gasteiger partial charge in [0.2, 0.25) is 11.8 Å². The molecule has 0 radical (unpaired) electrons. The first-order chi connectivity index (χ1) is 20.7. The number of amides is 1. The Balaban J connectivity index is 1.31. The van der Waals surface area contributed by atoms with Crippen LogP contribution in [0.25, 0.3) is 32.2 Å². The summed E-state index contributed by atoms with van der Waals surface area (Å²) in [4.78, 5) is 28.7. The van der Waals surface area contributed by atoms with Gasteiger partial charge in [-0.2, -0.15) is 9.97 Å². The van der Waals surface area contributed by atoms with E-state index in [1.807, 2.05) is 0 Å². The summed E-state index contributed by atoms with van der Waals surface area (Å²) in [5, 5.41) is 0.317. The fourth-order valence-corrected chi connectivity index (χ4v) is 7.43. The predicted octanol–water partition coefficient (Wildman–Crippen LogP) is 5.15. The van der Waals surface area contributed by atoms with Gasteiger partial charge in [-0.15, -0.1) is 0 Å². The van der Waals surface area contributed by atoms with Crippen LogP contribution < -0.4 is 15.2 Å². The molecule has 14 heteroatoms. The number of hydrogen-bond acceptors (Lipinski definition) is 9. The molecule has 2 atom stereocenters. The molecule has 7 rings (SSSR count). The highest BCUT2D eigenvalue weighted by Gasteiger charge is 2.49. The van der Waals surface area contributed by atoms with Crippen molar-refractivity contribution in [3.05, 3.63) is 47.5 Å². The first kappa shape index (κ1) is 28.1. The molecule has 0 spiro atoms. The van der Waals surface area contributed by atoms with Crippen LogP contribution in [-0.2, 0) is 4.79 Å². The maximum Gasteiger partial charge on any atom is 0.320 e. The average molecular weight is 631 g/mol. The first-order valence-corrected chi connectivity index (χ1v) is 15.0. The van der Waals surface area contributed by atoms with Crippen molar-refractivity contribution in [2.24, 2.45) is 0 Å². The van der Waals surface area contributed by atoms with Gasteiger partial charge in [0.05, 0.1) is 39.3 Å². The van der Waals surface area contributed by atoms with Gasteiger partial charge >= 0.3 is 6.01 Å². The van der Waals surface area contributed by atoms with Crippen molar-refractivity contribution < 1.29 is 27.4 Å². The third kappa shape index (κ3) is 4.74. The van der Waals surface area contributed by atoms with Crippen molar-refractivity contribution in [2.45, 2.75) is 37.1 Å². The summed E-state index contributed by atoms with van der Waals surface area (Å²) in [6, 6.07) is 3.94. The first-order valence-electron chi connectivity index (χ1n) is 13.8. The summed E-state index contributed by atoms with van der Waals surface area (Å²) in [5.74, 6) is -1.54. The number of fused-ring (bicyclic) bond motifs is 3. The lowest BCUT2D eigenvalue weighted by molar-refractivity contribution is -0.134. The van der Waals surface area contributed by atoms with Crippen LogP contribution in [0.4, 0.5) is 18.3 Å². The summed E-state index contributed by atoms with van der Waals surface area (Å²) in [7, 11) is 0. The minimum absolute atomic E-state index is 0.00380. The number of anilines is 1. The molecule has 43 heavy (non-hydrogen) atoms. The van der Waals surface area contributed by atoms with Gasteiger partial charge in [-0.3, -0.25) is 9.69 Å². The van der Waals surface area contributed by atoms with Crippen LogP contribution in [0.5, 0.6) is 11.9 Å². The molecule has 4 aromatic rings. The number of alkyl halides is 1. The Morgan fingerprint density at radius 1 is 1.23 bits per heavy atom. The lowest BCUT2D eigenvalue weighted by Gasteiger charge is -2.38. The molecule has 224 valence electrons. The number of hydrogen-bond donors (Lipinski definition) is 1. The summed E-state index contributed by atoms with van der Waals surface area (Å²) in [5.41, 5.74) is 5.62. The Morgan fingerprint density at radius 3 is 2.84 bits per heavy atom. The standard InChI is InChI=1S/C29H26ClF3N6O3S/c1-2-20(40)38-11-15(12-38)42-26-17-8-18(30)21(16-4-5-19(32)25-24(16)35-27(34)43-25)22(33)23(17)36-28(37-26)41-13-29-6-3-7-39(29)10-14(31)9-29/h2,4-5,8,14-15H,1,3,6-7,9-13H2,(H2,34,35)/t14-,29?/m1/s1. The lowest BCUT2D eigenvalue weighted by Crippen LogP contribution is -2.55. The maximum absolute atomic E-state index is 16.5. The number of rotatable bonds is 7. The van der Waals surface area contributed by atoms with Gasteiger partial charge in [-0.05, 0) is 43.7 Å². The van der Waals surface area contributed by atoms with Gasteiger partial charge < -0.3 is 20.1 Å². The van der Waals surface area contributed by atoms with Gasteiger partial charge in [-0.25, -0.2) is 18.2 Å². The van der Waals surface area contributed by atoms with Crippen molar-refractivity contribution >= 4 is 55.1 Å². The van der Waals surface area contributed by atoms with E-state index >= 15 is 4.39 Å². The summed E-state index contributed by atoms with van der Waals surface area (Å²) < 4.78 is 57.7. The molecule has 9 nitrogen and oxygen atoms in total. The van der Waals surface area contributed by atoms with Gasteiger partial charge in [0.1, 0.15) is 30.2 Å². The number of benzene rings is 2. The molecule has 2 aromatic carbocycles. The molecule has 1 unspecified atom stereocenters. The van der Waals surface area contributed by atoms with E-state index in [0.717, 1.165) is 30.7 Å². The molecule has 5 heterocycles. The van der Waals surface area contributed by atoms with Crippen LogP contribution in [0.3, 0.4) is 0 Å². The zero-order chi connectivity index (χ0) is 30.0. The summed E-state index contributed by atoms with van der Waals surface area (Å²) >= 11 is 7.60. The molecule has 0 bridgehead atoms.